The molecular formula is C3H8O3SSi. The van der Waals surface area contributed by atoms with Crippen LogP contribution in [0.5, 0.6) is 0 Å². The Morgan fingerprint density at radius 1 is 1.38 bits per heavy atom. The second kappa shape index (κ2) is 3.26. The predicted octanol–water partition coefficient (Wildman–Crippen LogP) is -0.708. The van der Waals surface area contributed by atoms with Crippen molar-refractivity contribution >= 4 is 26.4 Å². The highest BCUT2D eigenvalue weighted by molar-refractivity contribution is 7.78. The van der Waals surface area contributed by atoms with E-state index in [0.717, 1.165) is 0 Å². The Morgan fingerprint density at radius 2 is 1.88 bits per heavy atom. The Kier molecular flexibility index (Phi) is 3.34. The van der Waals surface area contributed by atoms with Crippen LogP contribution in [0.3, 0.4) is 0 Å². The maximum atomic E-state index is 8.33. The third-order valence-corrected chi connectivity index (χ3v) is 1.79. The Morgan fingerprint density at radius 3 is 2.00 bits per heavy atom. The van der Waals surface area contributed by atoms with E-state index >= 15 is 0 Å². The van der Waals surface area contributed by atoms with Crippen LogP contribution < -0.4 is 0 Å². The van der Waals surface area contributed by atoms with E-state index in [1.54, 1.807) is 0 Å². The molecular weight excluding hydrogens is 144 g/mol. The van der Waals surface area contributed by atoms with Crippen LogP contribution in [0.4, 0.5) is 0 Å². The lowest BCUT2D eigenvalue weighted by molar-refractivity contribution is 0.229. The van der Waals surface area contributed by atoms with Crippen molar-refractivity contribution in [3.05, 3.63) is 0 Å². The smallest absolute Gasteiger partial charge is 0.390 e. The largest absolute Gasteiger partial charge is 0.493 e. The predicted molar refractivity (Wildman–Crippen MR) is 35.5 cm³/mol. The maximum Gasteiger partial charge on any atom is 0.493 e. The Labute approximate surface area is 54.0 Å². The van der Waals surface area contributed by atoms with Crippen LogP contribution in [0.15, 0.2) is 0 Å². The van der Waals surface area contributed by atoms with Gasteiger partial charge in [0.1, 0.15) is 0 Å². The lowest BCUT2D eigenvalue weighted by Crippen LogP contribution is -2.34. The van der Waals surface area contributed by atoms with Gasteiger partial charge in [0.25, 0.3) is 0 Å². The van der Waals surface area contributed by atoms with Gasteiger partial charge in [-0.3, -0.25) is 0 Å². The summed E-state index contributed by atoms with van der Waals surface area (Å²) in [4.78, 5) is 25.0. The van der Waals surface area contributed by atoms with Crippen LogP contribution in [-0.4, -0.2) is 28.6 Å². The summed E-state index contributed by atoms with van der Waals surface area (Å²) in [7, 11) is -3.78. The topological polar surface area (TPSA) is 60.7 Å². The molecule has 0 aromatic heterocycles. The highest BCUT2D eigenvalue weighted by Crippen LogP contribution is 1.97. The molecule has 0 bridgehead atoms. The number of hydrogen-bond donors (Lipinski definition) is 3. The second-order valence-corrected chi connectivity index (χ2v) is 3.86. The molecule has 0 aliphatic heterocycles. The van der Waals surface area contributed by atoms with Gasteiger partial charge in [-0.15, -0.1) is 0 Å². The first-order chi connectivity index (χ1) is 3.56. The van der Waals surface area contributed by atoms with Crippen molar-refractivity contribution in [1.82, 2.24) is 0 Å². The van der Waals surface area contributed by atoms with Gasteiger partial charge >= 0.3 is 8.80 Å². The molecule has 5 heteroatoms. The fraction of sp³-hybridized carbons (Fsp3) is 0.667. The van der Waals surface area contributed by atoms with Gasteiger partial charge in [-0.05, 0) is 11.8 Å². The molecule has 0 heterocycles. The highest BCUT2D eigenvalue weighted by atomic mass is 32.1. The van der Waals surface area contributed by atoms with Crippen LogP contribution >= 0.6 is 12.2 Å². The Bertz CT molecular complexity index is 79.1. The van der Waals surface area contributed by atoms with Gasteiger partial charge in [0, 0.05) is 6.04 Å². The first-order valence-electron chi connectivity index (χ1n) is 2.17. The summed E-state index contributed by atoms with van der Waals surface area (Å²) in [6.45, 7) is 0. The standard InChI is InChI=1S/C3H8O3SSi/c4-8(5,6)3-1-2-7/h2,4-6H,1,3H2. The average molecular weight is 152 g/mol. The van der Waals surface area contributed by atoms with Crippen LogP contribution in [0, 0.1) is 0 Å². The number of rotatable bonds is 3. The van der Waals surface area contributed by atoms with Crippen molar-refractivity contribution in [2.24, 2.45) is 0 Å². The van der Waals surface area contributed by atoms with E-state index in [-0.39, 0.29) is 6.04 Å². The van der Waals surface area contributed by atoms with E-state index in [4.69, 9.17) is 14.4 Å². The Hall–Kier alpha value is 0.187. The molecule has 0 unspecified atom stereocenters. The normalized spacial score (nSPS) is 11.4. The maximum absolute atomic E-state index is 8.33. The summed E-state index contributed by atoms with van der Waals surface area (Å²) < 4.78 is 0. The van der Waals surface area contributed by atoms with Crippen molar-refractivity contribution in [3.63, 3.8) is 0 Å². The van der Waals surface area contributed by atoms with Gasteiger partial charge in [0.15, 0.2) is 0 Å². The van der Waals surface area contributed by atoms with E-state index in [2.05, 4.69) is 12.2 Å². The summed E-state index contributed by atoms with van der Waals surface area (Å²) >= 11 is 4.38. The van der Waals surface area contributed by atoms with Gasteiger partial charge in [-0.25, -0.2) is 0 Å². The molecule has 0 aromatic rings. The van der Waals surface area contributed by atoms with E-state index in [1.165, 1.54) is 5.37 Å². The zero-order valence-electron chi connectivity index (χ0n) is 4.24. The lowest BCUT2D eigenvalue weighted by atomic mass is 10.6. The Balaban J connectivity index is 3.24. The molecule has 0 atom stereocenters. The molecule has 0 saturated carbocycles. The minimum Gasteiger partial charge on any atom is -0.390 e. The van der Waals surface area contributed by atoms with Gasteiger partial charge < -0.3 is 14.4 Å². The lowest BCUT2D eigenvalue weighted by Gasteiger charge is -2.04. The van der Waals surface area contributed by atoms with Crippen molar-refractivity contribution < 1.29 is 14.4 Å². The summed E-state index contributed by atoms with van der Waals surface area (Å²) in [5.41, 5.74) is 0. The first kappa shape index (κ1) is 8.19. The van der Waals surface area contributed by atoms with Crippen LogP contribution in [0.2, 0.25) is 6.04 Å². The zero-order chi connectivity index (χ0) is 6.62. The van der Waals surface area contributed by atoms with Gasteiger partial charge in [0.05, 0.1) is 0 Å². The quantitative estimate of drug-likeness (QED) is 0.369. The molecule has 0 radical (unpaired) electrons. The fourth-order valence-corrected chi connectivity index (χ4v) is 1.11. The molecule has 0 saturated heterocycles. The van der Waals surface area contributed by atoms with Crippen molar-refractivity contribution in [2.45, 2.75) is 12.5 Å². The summed E-state index contributed by atoms with van der Waals surface area (Å²) in [6.07, 6.45) is 0.380. The van der Waals surface area contributed by atoms with Gasteiger partial charge in [0.2, 0.25) is 0 Å². The van der Waals surface area contributed by atoms with Crippen LogP contribution in [0.1, 0.15) is 6.42 Å². The summed E-state index contributed by atoms with van der Waals surface area (Å²) in [6, 6.07) is 0.0104. The molecule has 0 amide bonds. The van der Waals surface area contributed by atoms with Crippen molar-refractivity contribution in [3.8, 4) is 0 Å². The number of hydrogen-bond acceptors (Lipinski definition) is 4. The first-order valence-corrected chi connectivity index (χ1v) is 4.69. The van der Waals surface area contributed by atoms with Crippen molar-refractivity contribution in [1.29, 1.82) is 0 Å². The summed E-state index contributed by atoms with van der Waals surface area (Å²) in [5.74, 6) is 0. The minimum atomic E-state index is -3.78. The van der Waals surface area contributed by atoms with Gasteiger partial charge in [-0.1, -0.05) is 12.2 Å². The zero-order valence-corrected chi connectivity index (χ0v) is 6.06. The third kappa shape index (κ3) is 6.19. The van der Waals surface area contributed by atoms with Crippen LogP contribution in [0.25, 0.3) is 0 Å². The third-order valence-electron chi connectivity index (χ3n) is 0.598. The number of thiocarbonyl (C=S) groups is 1. The monoisotopic (exact) mass is 152 g/mol. The van der Waals surface area contributed by atoms with E-state index in [0.29, 0.717) is 6.42 Å². The molecule has 0 spiro atoms. The van der Waals surface area contributed by atoms with E-state index in [1.807, 2.05) is 0 Å². The molecule has 8 heavy (non-hydrogen) atoms. The molecule has 0 fully saturated rings. The van der Waals surface area contributed by atoms with Crippen LogP contribution in [-0.2, 0) is 0 Å². The molecule has 0 aliphatic rings. The van der Waals surface area contributed by atoms with E-state index in [9.17, 15) is 0 Å². The van der Waals surface area contributed by atoms with Crippen molar-refractivity contribution in [2.75, 3.05) is 0 Å². The average Bonchev–Trinajstić information content (AvgIpc) is 1.59. The highest BCUT2D eigenvalue weighted by Gasteiger charge is 2.24. The van der Waals surface area contributed by atoms with Gasteiger partial charge in [-0.2, -0.15) is 0 Å². The second-order valence-electron chi connectivity index (χ2n) is 1.48. The molecule has 0 rings (SSSR count). The molecule has 0 aromatic carbocycles. The fourth-order valence-electron chi connectivity index (χ4n) is 0.253. The minimum absolute atomic E-state index is 0.0104. The SMILES string of the molecule is O[Si](O)(O)CCC=S. The summed E-state index contributed by atoms with van der Waals surface area (Å²) in [5, 5.41) is 1.37. The molecule has 0 aliphatic carbocycles. The van der Waals surface area contributed by atoms with E-state index < -0.39 is 8.80 Å². The molecule has 3 N–H and O–H groups in total. The molecule has 48 valence electrons. The molecule has 3 nitrogen and oxygen atoms in total.